The lowest BCUT2D eigenvalue weighted by atomic mass is 10.1. The highest BCUT2D eigenvalue weighted by atomic mass is 32.2. The maximum absolute atomic E-state index is 13.6. The number of anilines is 2. The highest BCUT2D eigenvalue weighted by molar-refractivity contribution is 7.92. The number of sulfonamides is 1. The monoisotopic (exact) mass is 531 g/mol. The third-order valence-electron chi connectivity index (χ3n) is 6.42. The summed E-state index contributed by atoms with van der Waals surface area (Å²) in [6.45, 7) is 2.37. The normalized spacial score (nSPS) is 11.6. The van der Waals surface area contributed by atoms with Crippen LogP contribution in [0.3, 0.4) is 0 Å². The van der Waals surface area contributed by atoms with Crippen LogP contribution < -0.4 is 14.4 Å². The molecule has 0 aliphatic rings. The number of carbonyl (C=O) groups excluding carboxylic acids is 1. The molecule has 0 spiro atoms. The molecule has 38 heavy (non-hydrogen) atoms. The summed E-state index contributed by atoms with van der Waals surface area (Å²) >= 11 is 0. The minimum Gasteiger partial charge on any atom is -0.497 e. The molecule has 0 atom stereocenters. The lowest BCUT2D eigenvalue weighted by Gasteiger charge is -2.24. The molecule has 0 saturated heterocycles. The standard InChI is InChI=1S/C29H26FN3O4S/c1-3-32-27-7-5-4-6-25(27)26-18-21(10-17-28(26)32)31-29(34)19-33(22-11-8-20(30)9-12-22)38(35,36)24-15-13-23(37-2)14-16-24/h4-18H,3,19H2,1-2H3,(H,31,34). The van der Waals surface area contributed by atoms with Gasteiger partial charge in [0.1, 0.15) is 18.1 Å². The van der Waals surface area contributed by atoms with Gasteiger partial charge in [-0.2, -0.15) is 0 Å². The fraction of sp³-hybridized carbons (Fsp3) is 0.138. The zero-order chi connectivity index (χ0) is 26.9. The minimum atomic E-state index is -4.15. The molecule has 1 aromatic heterocycles. The molecule has 1 heterocycles. The number of methoxy groups -OCH3 is 1. The van der Waals surface area contributed by atoms with Gasteiger partial charge in [-0.05, 0) is 79.7 Å². The van der Waals surface area contributed by atoms with Crippen LogP contribution in [0.2, 0.25) is 0 Å². The second kappa shape index (κ2) is 10.2. The first-order valence-corrected chi connectivity index (χ1v) is 13.5. The van der Waals surface area contributed by atoms with E-state index < -0.39 is 28.3 Å². The number of para-hydroxylation sites is 1. The molecule has 0 unspecified atom stereocenters. The molecule has 5 rings (SSSR count). The van der Waals surface area contributed by atoms with E-state index in [0.717, 1.165) is 44.8 Å². The molecule has 4 aromatic carbocycles. The summed E-state index contributed by atoms with van der Waals surface area (Å²) in [4.78, 5) is 13.2. The largest absolute Gasteiger partial charge is 0.497 e. The van der Waals surface area contributed by atoms with Crippen LogP contribution in [0, 0.1) is 5.82 Å². The molecule has 0 aliphatic carbocycles. The molecule has 5 aromatic rings. The number of halogens is 1. The molecule has 1 N–H and O–H groups in total. The Hall–Kier alpha value is -4.37. The van der Waals surface area contributed by atoms with E-state index in [2.05, 4.69) is 22.9 Å². The third-order valence-corrected chi connectivity index (χ3v) is 8.21. The summed E-state index contributed by atoms with van der Waals surface area (Å²) < 4.78 is 49.0. The predicted octanol–water partition coefficient (Wildman–Crippen LogP) is 5.80. The Labute approximate surface area is 220 Å². The summed E-state index contributed by atoms with van der Waals surface area (Å²) in [6.07, 6.45) is 0. The number of rotatable bonds is 8. The van der Waals surface area contributed by atoms with Crippen molar-refractivity contribution in [2.45, 2.75) is 18.4 Å². The van der Waals surface area contributed by atoms with Crippen molar-refractivity contribution in [3.05, 3.63) is 96.8 Å². The van der Waals surface area contributed by atoms with E-state index in [-0.39, 0.29) is 10.6 Å². The van der Waals surface area contributed by atoms with Gasteiger partial charge < -0.3 is 14.6 Å². The summed E-state index contributed by atoms with van der Waals surface area (Å²) in [6, 6.07) is 24.5. The van der Waals surface area contributed by atoms with Gasteiger partial charge >= 0.3 is 0 Å². The van der Waals surface area contributed by atoms with Gasteiger partial charge in [-0.15, -0.1) is 0 Å². The van der Waals surface area contributed by atoms with Crippen LogP contribution in [0.15, 0.2) is 95.9 Å². The van der Waals surface area contributed by atoms with Gasteiger partial charge in [0.2, 0.25) is 5.91 Å². The van der Waals surface area contributed by atoms with E-state index >= 15 is 0 Å². The van der Waals surface area contributed by atoms with E-state index in [4.69, 9.17) is 4.74 Å². The molecule has 194 valence electrons. The molecule has 1 amide bonds. The highest BCUT2D eigenvalue weighted by Crippen LogP contribution is 2.31. The summed E-state index contributed by atoms with van der Waals surface area (Å²) in [7, 11) is -2.67. The first kappa shape index (κ1) is 25.3. The molecular formula is C29H26FN3O4S. The van der Waals surface area contributed by atoms with Crippen LogP contribution >= 0.6 is 0 Å². The van der Waals surface area contributed by atoms with Gasteiger partial charge in [0.25, 0.3) is 10.0 Å². The van der Waals surface area contributed by atoms with Crippen molar-refractivity contribution in [1.29, 1.82) is 0 Å². The second-order valence-electron chi connectivity index (χ2n) is 8.71. The second-order valence-corrected chi connectivity index (χ2v) is 10.6. The maximum atomic E-state index is 13.6. The smallest absolute Gasteiger partial charge is 0.264 e. The quantitative estimate of drug-likeness (QED) is 0.275. The number of amides is 1. The number of aryl methyl sites for hydroxylation is 1. The Morgan fingerprint density at radius 3 is 2.29 bits per heavy atom. The summed E-state index contributed by atoms with van der Waals surface area (Å²) in [5.41, 5.74) is 2.85. The SMILES string of the molecule is CCn1c2ccccc2c2cc(NC(=O)CN(c3ccc(F)cc3)S(=O)(=O)c3ccc(OC)cc3)ccc21. The lowest BCUT2D eigenvalue weighted by Crippen LogP contribution is -2.38. The Balaban J connectivity index is 1.47. The number of hydrogen-bond donors (Lipinski definition) is 1. The first-order valence-electron chi connectivity index (χ1n) is 12.0. The predicted molar refractivity (Wildman–Crippen MR) is 148 cm³/mol. The van der Waals surface area contributed by atoms with Gasteiger partial charge in [0.15, 0.2) is 0 Å². The van der Waals surface area contributed by atoms with Crippen molar-refractivity contribution < 1.29 is 22.3 Å². The number of ether oxygens (including phenoxy) is 1. The van der Waals surface area contributed by atoms with Gasteiger partial charge in [-0.1, -0.05) is 18.2 Å². The first-order chi connectivity index (χ1) is 18.3. The molecule has 0 radical (unpaired) electrons. The molecule has 0 aliphatic heterocycles. The van der Waals surface area contributed by atoms with Crippen molar-refractivity contribution in [3.8, 4) is 5.75 Å². The number of carbonyl (C=O) groups is 1. The highest BCUT2D eigenvalue weighted by Gasteiger charge is 2.27. The zero-order valence-corrected chi connectivity index (χ0v) is 21.7. The number of nitrogens with one attached hydrogen (secondary N) is 1. The van der Waals surface area contributed by atoms with Crippen LogP contribution in [0.25, 0.3) is 21.8 Å². The van der Waals surface area contributed by atoms with E-state index in [0.29, 0.717) is 11.4 Å². The van der Waals surface area contributed by atoms with Crippen molar-refractivity contribution in [2.24, 2.45) is 0 Å². The molecular weight excluding hydrogens is 505 g/mol. The third kappa shape index (κ3) is 4.68. The van der Waals surface area contributed by atoms with Crippen LogP contribution in [0.5, 0.6) is 5.75 Å². The average Bonchev–Trinajstić information content (AvgIpc) is 3.25. The number of benzene rings is 4. The number of hydrogen-bond acceptors (Lipinski definition) is 4. The molecule has 0 bridgehead atoms. The van der Waals surface area contributed by atoms with Crippen LogP contribution in [0.1, 0.15) is 6.92 Å². The van der Waals surface area contributed by atoms with E-state index in [1.807, 2.05) is 30.3 Å². The van der Waals surface area contributed by atoms with Crippen LogP contribution in [0.4, 0.5) is 15.8 Å². The van der Waals surface area contributed by atoms with Crippen molar-refractivity contribution in [2.75, 3.05) is 23.3 Å². The summed E-state index contributed by atoms with van der Waals surface area (Å²) in [5, 5.41) is 4.88. The van der Waals surface area contributed by atoms with Gasteiger partial charge in [-0.3, -0.25) is 9.10 Å². The number of nitrogens with zero attached hydrogens (tertiary/aromatic N) is 2. The molecule has 7 nitrogen and oxygen atoms in total. The zero-order valence-electron chi connectivity index (χ0n) is 20.9. The number of aromatic nitrogens is 1. The topological polar surface area (TPSA) is 80.6 Å². The Kier molecular flexibility index (Phi) is 6.77. The Bertz CT molecular complexity index is 1730. The molecule has 9 heteroatoms. The van der Waals surface area contributed by atoms with Crippen LogP contribution in [-0.2, 0) is 21.4 Å². The Morgan fingerprint density at radius 2 is 1.61 bits per heavy atom. The van der Waals surface area contributed by atoms with E-state index in [9.17, 15) is 17.6 Å². The van der Waals surface area contributed by atoms with Crippen LogP contribution in [-0.4, -0.2) is 32.5 Å². The molecule has 0 saturated carbocycles. The van der Waals surface area contributed by atoms with E-state index in [1.54, 1.807) is 6.07 Å². The average molecular weight is 532 g/mol. The minimum absolute atomic E-state index is 0.0239. The summed E-state index contributed by atoms with van der Waals surface area (Å²) in [5.74, 6) is -0.556. The van der Waals surface area contributed by atoms with Gasteiger partial charge in [0, 0.05) is 34.0 Å². The van der Waals surface area contributed by atoms with Crippen molar-refractivity contribution in [3.63, 3.8) is 0 Å². The Morgan fingerprint density at radius 1 is 0.921 bits per heavy atom. The van der Waals surface area contributed by atoms with Gasteiger partial charge in [0.05, 0.1) is 17.7 Å². The maximum Gasteiger partial charge on any atom is 0.264 e. The number of fused-ring (bicyclic) bond motifs is 3. The van der Waals surface area contributed by atoms with Gasteiger partial charge in [-0.25, -0.2) is 12.8 Å². The van der Waals surface area contributed by atoms with Crippen molar-refractivity contribution >= 4 is 49.1 Å². The fourth-order valence-corrected chi connectivity index (χ4v) is 6.02. The van der Waals surface area contributed by atoms with E-state index in [1.165, 1.54) is 43.5 Å². The fourth-order valence-electron chi connectivity index (χ4n) is 4.60. The lowest BCUT2D eigenvalue weighted by molar-refractivity contribution is -0.114. The van der Waals surface area contributed by atoms with Crippen molar-refractivity contribution in [1.82, 2.24) is 4.57 Å². The molecule has 0 fully saturated rings.